The van der Waals surface area contributed by atoms with Crippen molar-refractivity contribution in [2.45, 2.75) is 19.4 Å². The molecule has 0 unspecified atom stereocenters. The number of aryl methyl sites for hydroxylation is 1. The molecule has 21 heavy (non-hydrogen) atoms. The molecule has 2 aromatic rings. The molecule has 112 valence electrons. The molecule has 0 bridgehead atoms. The van der Waals surface area contributed by atoms with Crippen molar-refractivity contribution in [3.63, 3.8) is 0 Å². The molecule has 0 spiro atoms. The van der Waals surface area contributed by atoms with Gasteiger partial charge in [0.2, 0.25) is 0 Å². The van der Waals surface area contributed by atoms with E-state index in [2.05, 4.69) is 15.5 Å². The molecule has 0 aliphatic carbocycles. The number of hydrogen-bond acceptors (Lipinski definition) is 4. The number of aromatic amines is 2. The highest BCUT2D eigenvalue weighted by Gasteiger charge is 2.27. The predicted octanol–water partition coefficient (Wildman–Crippen LogP) is 1.26. The molecule has 0 fully saturated rings. The van der Waals surface area contributed by atoms with Crippen LogP contribution in [0.4, 0.5) is 0 Å². The average molecular weight is 289 g/mol. The molecule has 1 aromatic carbocycles. The summed E-state index contributed by atoms with van der Waals surface area (Å²) in [7, 11) is 3.24. The first-order chi connectivity index (χ1) is 10.2. The van der Waals surface area contributed by atoms with Gasteiger partial charge in [-0.05, 0) is 36.6 Å². The fourth-order valence-corrected chi connectivity index (χ4v) is 2.94. The number of hydrogen-bond donors (Lipinski definition) is 3. The van der Waals surface area contributed by atoms with E-state index in [1.165, 1.54) is 5.56 Å². The Morgan fingerprint density at radius 3 is 2.48 bits per heavy atom. The zero-order valence-corrected chi connectivity index (χ0v) is 12.4. The van der Waals surface area contributed by atoms with Gasteiger partial charge in [0.1, 0.15) is 0 Å². The van der Waals surface area contributed by atoms with Crippen LogP contribution in [-0.2, 0) is 6.42 Å². The lowest BCUT2D eigenvalue weighted by atomic mass is 9.89. The highest BCUT2D eigenvalue weighted by molar-refractivity contribution is 5.51. The van der Waals surface area contributed by atoms with E-state index in [0.29, 0.717) is 5.75 Å². The Morgan fingerprint density at radius 2 is 1.86 bits per heavy atom. The van der Waals surface area contributed by atoms with Crippen LogP contribution in [0, 0.1) is 6.92 Å². The topological polar surface area (TPSA) is 79.1 Å². The van der Waals surface area contributed by atoms with Gasteiger partial charge in [-0.25, -0.2) is 0 Å². The third-order valence-corrected chi connectivity index (χ3v) is 4.00. The van der Waals surface area contributed by atoms with Crippen molar-refractivity contribution in [1.82, 2.24) is 15.5 Å². The fourth-order valence-electron chi connectivity index (χ4n) is 2.94. The maximum Gasteiger partial charge on any atom is 0.269 e. The van der Waals surface area contributed by atoms with Crippen molar-refractivity contribution >= 4 is 0 Å². The summed E-state index contributed by atoms with van der Waals surface area (Å²) < 4.78 is 10.7. The minimum atomic E-state index is -0.136. The molecular formula is C15H19N3O3. The van der Waals surface area contributed by atoms with Gasteiger partial charge < -0.3 is 19.9 Å². The van der Waals surface area contributed by atoms with Crippen molar-refractivity contribution < 1.29 is 9.47 Å². The van der Waals surface area contributed by atoms with E-state index in [4.69, 9.17) is 9.47 Å². The number of methoxy groups -OCH3 is 2. The fraction of sp³-hybridized carbons (Fsp3) is 0.400. The summed E-state index contributed by atoms with van der Waals surface area (Å²) in [6.07, 6.45) is 0.896. The second-order valence-corrected chi connectivity index (χ2v) is 5.16. The van der Waals surface area contributed by atoms with E-state index in [-0.39, 0.29) is 11.6 Å². The Morgan fingerprint density at radius 1 is 1.14 bits per heavy atom. The molecule has 6 nitrogen and oxygen atoms in total. The predicted molar refractivity (Wildman–Crippen MR) is 79.2 cm³/mol. The number of benzene rings is 1. The Balaban J connectivity index is 2.16. The summed E-state index contributed by atoms with van der Waals surface area (Å²) in [5.41, 5.74) is 3.72. The number of aromatic nitrogens is 2. The Hall–Kier alpha value is -2.21. The number of H-pyrrole nitrogens is 2. The SMILES string of the molecule is COc1cc2c(cc1OC)[C@@H](c1c(C)[nH][nH]c1=O)NCC2. The van der Waals surface area contributed by atoms with Crippen molar-refractivity contribution in [2.75, 3.05) is 20.8 Å². The number of fused-ring (bicyclic) bond motifs is 1. The molecule has 6 heteroatoms. The van der Waals surface area contributed by atoms with E-state index in [0.717, 1.165) is 35.5 Å². The van der Waals surface area contributed by atoms with Gasteiger partial charge in [-0.15, -0.1) is 0 Å². The molecule has 1 aromatic heterocycles. The van der Waals surface area contributed by atoms with Crippen LogP contribution in [0.1, 0.15) is 28.4 Å². The number of rotatable bonds is 3. The third kappa shape index (κ3) is 2.21. The van der Waals surface area contributed by atoms with Gasteiger partial charge in [0.15, 0.2) is 11.5 Å². The van der Waals surface area contributed by atoms with E-state index >= 15 is 0 Å². The quantitative estimate of drug-likeness (QED) is 0.795. The minimum absolute atomic E-state index is 0.0902. The lowest BCUT2D eigenvalue weighted by Gasteiger charge is -2.27. The molecule has 1 aliphatic heterocycles. The molecule has 3 N–H and O–H groups in total. The van der Waals surface area contributed by atoms with Crippen LogP contribution in [0.3, 0.4) is 0 Å². The largest absolute Gasteiger partial charge is 0.493 e. The van der Waals surface area contributed by atoms with E-state index in [1.807, 2.05) is 19.1 Å². The zero-order valence-electron chi connectivity index (χ0n) is 12.4. The van der Waals surface area contributed by atoms with Gasteiger partial charge in [-0.3, -0.25) is 9.89 Å². The Kier molecular flexibility index (Phi) is 3.47. The van der Waals surface area contributed by atoms with Crippen LogP contribution >= 0.6 is 0 Å². The van der Waals surface area contributed by atoms with Gasteiger partial charge in [-0.2, -0.15) is 0 Å². The summed E-state index contributed by atoms with van der Waals surface area (Å²) in [6, 6.07) is 3.82. The van der Waals surface area contributed by atoms with Crippen molar-refractivity contribution in [3.8, 4) is 11.5 Å². The number of ether oxygens (including phenoxy) is 2. The highest BCUT2D eigenvalue weighted by Crippen LogP contribution is 2.37. The van der Waals surface area contributed by atoms with Crippen LogP contribution in [0.15, 0.2) is 16.9 Å². The van der Waals surface area contributed by atoms with Gasteiger partial charge in [0, 0.05) is 12.2 Å². The monoisotopic (exact) mass is 289 g/mol. The minimum Gasteiger partial charge on any atom is -0.493 e. The van der Waals surface area contributed by atoms with Gasteiger partial charge >= 0.3 is 0 Å². The Bertz CT molecular complexity index is 717. The maximum absolute atomic E-state index is 12.0. The molecule has 1 atom stereocenters. The molecule has 0 saturated heterocycles. The summed E-state index contributed by atoms with van der Waals surface area (Å²) >= 11 is 0. The van der Waals surface area contributed by atoms with Gasteiger partial charge in [0.25, 0.3) is 5.56 Å². The van der Waals surface area contributed by atoms with Crippen LogP contribution in [0.25, 0.3) is 0 Å². The molecule has 3 rings (SSSR count). The second kappa shape index (κ2) is 5.29. The molecule has 1 aliphatic rings. The molecule has 0 radical (unpaired) electrons. The van der Waals surface area contributed by atoms with Gasteiger partial charge in [0.05, 0.1) is 25.8 Å². The maximum atomic E-state index is 12.0. The normalized spacial score (nSPS) is 17.4. The lowest BCUT2D eigenvalue weighted by molar-refractivity contribution is 0.353. The first kappa shape index (κ1) is 13.8. The molecule has 0 amide bonds. The Labute approximate surface area is 122 Å². The molecule has 2 heterocycles. The van der Waals surface area contributed by atoms with Crippen LogP contribution < -0.4 is 20.3 Å². The average Bonchev–Trinajstić information content (AvgIpc) is 2.84. The lowest BCUT2D eigenvalue weighted by Crippen LogP contribution is -2.33. The van der Waals surface area contributed by atoms with Crippen molar-refractivity contribution in [1.29, 1.82) is 0 Å². The van der Waals surface area contributed by atoms with E-state index in [9.17, 15) is 4.79 Å². The van der Waals surface area contributed by atoms with Crippen LogP contribution in [-0.4, -0.2) is 31.0 Å². The number of nitrogens with one attached hydrogen (secondary N) is 3. The highest BCUT2D eigenvalue weighted by atomic mass is 16.5. The first-order valence-corrected chi connectivity index (χ1v) is 6.91. The van der Waals surface area contributed by atoms with Crippen LogP contribution in [0.2, 0.25) is 0 Å². The van der Waals surface area contributed by atoms with E-state index < -0.39 is 0 Å². The standard InChI is InChI=1S/C15H19N3O3/c1-8-13(15(19)18-17-8)14-10-7-12(21-3)11(20-2)6-9(10)4-5-16-14/h6-7,14,16H,4-5H2,1-3H3,(H2,17,18,19)/t14-/m0/s1. The summed E-state index contributed by atoms with van der Waals surface area (Å²) in [4.78, 5) is 12.0. The summed E-state index contributed by atoms with van der Waals surface area (Å²) in [5.74, 6) is 1.39. The molecular weight excluding hydrogens is 270 g/mol. The summed E-state index contributed by atoms with van der Waals surface area (Å²) in [5, 5.41) is 8.93. The van der Waals surface area contributed by atoms with Crippen molar-refractivity contribution in [3.05, 3.63) is 44.9 Å². The van der Waals surface area contributed by atoms with Crippen LogP contribution in [0.5, 0.6) is 11.5 Å². The molecule has 0 saturated carbocycles. The first-order valence-electron chi connectivity index (χ1n) is 6.91. The second-order valence-electron chi connectivity index (χ2n) is 5.16. The van der Waals surface area contributed by atoms with E-state index in [1.54, 1.807) is 14.2 Å². The third-order valence-electron chi connectivity index (χ3n) is 4.00. The van der Waals surface area contributed by atoms with Crippen molar-refractivity contribution in [2.24, 2.45) is 0 Å². The smallest absolute Gasteiger partial charge is 0.269 e. The zero-order chi connectivity index (χ0) is 15.0. The summed E-state index contributed by atoms with van der Waals surface area (Å²) in [6.45, 7) is 2.71. The van der Waals surface area contributed by atoms with Gasteiger partial charge in [-0.1, -0.05) is 0 Å².